The van der Waals surface area contributed by atoms with Gasteiger partial charge in [0.25, 0.3) is 5.91 Å². The van der Waals surface area contributed by atoms with Crippen LogP contribution in [0.25, 0.3) is 0 Å². The Balaban J connectivity index is 2.23. The number of aromatic nitrogens is 1. The number of carbonyl (C=O) groups is 1. The summed E-state index contributed by atoms with van der Waals surface area (Å²) in [7, 11) is 3.01. The third-order valence-corrected chi connectivity index (χ3v) is 3.60. The van der Waals surface area contributed by atoms with Crippen LogP contribution in [-0.2, 0) is 0 Å². The Hall–Kier alpha value is -2.47. The molecule has 0 aliphatic rings. The molecule has 1 aromatic carbocycles. The highest BCUT2D eigenvalue weighted by Gasteiger charge is 2.14. The van der Waals surface area contributed by atoms with Gasteiger partial charge in [-0.1, -0.05) is 18.5 Å². The van der Waals surface area contributed by atoms with Crippen LogP contribution in [0.15, 0.2) is 30.5 Å². The summed E-state index contributed by atoms with van der Waals surface area (Å²) in [5.74, 6) is 1.28. The fourth-order valence-corrected chi connectivity index (χ4v) is 2.30. The van der Waals surface area contributed by atoms with Crippen molar-refractivity contribution in [3.63, 3.8) is 0 Å². The first kappa shape index (κ1) is 17.9. The predicted molar refractivity (Wildman–Crippen MR) is 95.5 cm³/mol. The van der Waals surface area contributed by atoms with Gasteiger partial charge in [-0.3, -0.25) is 4.79 Å². The largest absolute Gasteiger partial charge is 0.495 e. The molecule has 1 heterocycles. The zero-order valence-corrected chi connectivity index (χ0v) is 14.6. The summed E-state index contributed by atoms with van der Waals surface area (Å²) in [6.07, 6.45) is 2.56. The second kappa shape index (κ2) is 8.40. The van der Waals surface area contributed by atoms with E-state index in [0.29, 0.717) is 33.6 Å². The van der Waals surface area contributed by atoms with Gasteiger partial charge in [-0.15, -0.1) is 0 Å². The van der Waals surface area contributed by atoms with Crippen molar-refractivity contribution in [3.05, 3.63) is 41.0 Å². The van der Waals surface area contributed by atoms with Crippen molar-refractivity contribution in [2.45, 2.75) is 13.3 Å². The van der Waals surface area contributed by atoms with E-state index in [4.69, 9.17) is 21.1 Å². The Morgan fingerprint density at radius 3 is 2.62 bits per heavy atom. The molecule has 24 heavy (non-hydrogen) atoms. The molecule has 7 heteroatoms. The molecule has 6 nitrogen and oxygen atoms in total. The number of nitrogens with zero attached hydrogens (tertiary/aromatic N) is 1. The zero-order chi connectivity index (χ0) is 17.5. The summed E-state index contributed by atoms with van der Waals surface area (Å²) >= 11 is 6.07. The van der Waals surface area contributed by atoms with Crippen LogP contribution in [0.1, 0.15) is 23.7 Å². The number of nitrogens with one attached hydrogen (secondary N) is 2. The number of hydrogen-bond acceptors (Lipinski definition) is 5. The van der Waals surface area contributed by atoms with Crippen LogP contribution in [0.5, 0.6) is 11.5 Å². The average Bonchev–Trinajstić information content (AvgIpc) is 2.61. The Kier molecular flexibility index (Phi) is 6.26. The molecule has 2 aromatic rings. The van der Waals surface area contributed by atoms with Gasteiger partial charge in [-0.25, -0.2) is 4.98 Å². The maximum absolute atomic E-state index is 12.5. The van der Waals surface area contributed by atoms with Crippen LogP contribution in [0.4, 0.5) is 11.5 Å². The first-order valence-electron chi connectivity index (χ1n) is 7.51. The molecule has 0 atom stereocenters. The van der Waals surface area contributed by atoms with Gasteiger partial charge in [-0.05, 0) is 18.6 Å². The molecule has 0 saturated carbocycles. The van der Waals surface area contributed by atoms with E-state index in [9.17, 15) is 4.79 Å². The quantitative estimate of drug-likeness (QED) is 0.794. The van der Waals surface area contributed by atoms with Crippen molar-refractivity contribution in [1.29, 1.82) is 0 Å². The van der Waals surface area contributed by atoms with Gasteiger partial charge in [0.05, 0.1) is 24.9 Å². The third-order valence-electron chi connectivity index (χ3n) is 3.30. The van der Waals surface area contributed by atoms with E-state index >= 15 is 0 Å². The monoisotopic (exact) mass is 349 g/mol. The van der Waals surface area contributed by atoms with Gasteiger partial charge in [0.2, 0.25) is 0 Å². The van der Waals surface area contributed by atoms with Gasteiger partial charge in [0.1, 0.15) is 17.3 Å². The van der Waals surface area contributed by atoms with Gasteiger partial charge >= 0.3 is 0 Å². The van der Waals surface area contributed by atoms with Gasteiger partial charge in [0, 0.05) is 30.4 Å². The van der Waals surface area contributed by atoms with E-state index in [0.717, 1.165) is 13.0 Å². The fraction of sp³-hybridized carbons (Fsp3) is 0.294. The molecular formula is C17H20ClN3O3. The molecule has 0 radical (unpaired) electrons. The van der Waals surface area contributed by atoms with Crippen molar-refractivity contribution in [2.24, 2.45) is 0 Å². The fourth-order valence-electron chi connectivity index (χ4n) is 2.07. The summed E-state index contributed by atoms with van der Waals surface area (Å²) in [4.78, 5) is 16.7. The molecule has 1 aromatic heterocycles. The lowest BCUT2D eigenvalue weighted by atomic mass is 10.2. The molecule has 1 amide bonds. The summed E-state index contributed by atoms with van der Waals surface area (Å²) in [6, 6.07) is 6.56. The molecule has 0 unspecified atom stereocenters. The number of ether oxygens (including phenoxy) is 2. The number of benzene rings is 1. The molecule has 0 aliphatic carbocycles. The van der Waals surface area contributed by atoms with Crippen molar-refractivity contribution >= 4 is 29.0 Å². The van der Waals surface area contributed by atoms with Crippen LogP contribution in [0.3, 0.4) is 0 Å². The minimum Gasteiger partial charge on any atom is -0.495 e. The molecule has 2 N–H and O–H groups in total. The maximum atomic E-state index is 12.5. The minimum absolute atomic E-state index is 0.278. The lowest BCUT2D eigenvalue weighted by molar-refractivity contribution is 0.102. The standard InChI is InChI=1S/C17H20ClN3O3/c1-4-6-19-16-8-11(5-7-20-16)17(22)21-13-10-14(23-2)12(18)9-15(13)24-3/h5,7-10H,4,6H2,1-3H3,(H,19,20)(H,21,22). The first-order valence-corrected chi connectivity index (χ1v) is 7.89. The molecule has 2 rings (SSSR count). The average molecular weight is 350 g/mol. The third kappa shape index (κ3) is 4.29. The SMILES string of the molecule is CCCNc1cc(C(=O)Nc2cc(OC)c(Cl)cc2OC)ccn1. The molecular weight excluding hydrogens is 330 g/mol. The van der Waals surface area contributed by atoms with E-state index in [2.05, 4.69) is 22.5 Å². The lowest BCUT2D eigenvalue weighted by Gasteiger charge is -2.13. The van der Waals surface area contributed by atoms with E-state index in [1.54, 1.807) is 30.5 Å². The summed E-state index contributed by atoms with van der Waals surface area (Å²) in [5.41, 5.74) is 0.961. The highest BCUT2D eigenvalue weighted by Crippen LogP contribution is 2.36. The topological polar surface area (TPSA) is 72.5 Å². The number of rotatable bonds is 7. The molecule has 0 saturated heterocycles. The van der Waals surface area contributed by atoms with E-state index in [1.807, 2.05) is 0 Å². The lowest BCUT2D eigenvalue weighted by Crippen LogP contribution is -2.14. The van der Waals surface area contributed by atoms with E-state index < -0.39 is 0 Å². The van der Waals surface area contributed by atoms with Crippen molar-refractivity contribution in [2.75, 3.05) is 31.4 Å². The van der Waals surface area contributed by atoms with Crippen LogP contribution >= 0.6 is 11.6 Å². The normalized spacial score (nSPS) is 10.2. The number of amides is 1. The minimum atomic E-state index is -0.278. The van der Waals surface area contributed by atoms with Crippen molar-refractivity contribution in [1.82, 2.24) is 4.98 Å². The second-order valence-corrected chi connectivity index (χ2v) is 5.40. The van der Waals surface area contributed by atoms with Crippen LogP contribution in [0, 0.1) is 0 Å². The van der Waals surface area contributed by atoms with Crippen molar-refractivity contribution < 1.29 is 14.3 Å². The molecule has 0 bridgehead atoms. The van der Waals surface area contributed by atoms with Crippen LogP contribution in [0.2, 0.25) is 5.02 Å². The number of carbonyl (C=O) groups excluding carboxylic acids is 1. The summed E-state index contributed by atoms with van der Waals surface area (Å²) in [6.45, 7) is 2.85. The first-order chi connectivity index (χ1) is 11.6. The highest BCUT2D eigenvalue weighted by molar-refractivity contribution is 6.32. The van der Waals surface area contributed by atoms with Crippen LogP contribution < -0.4 is 20.1 Å². The smallest absolute Gasteiger partial charge is 0.255 e. The molecule has 0 aliphatic heterocycles. The van der Waals surface area contributed by atoms with E-state index in [1.165, 1.54) is 14.2 Å². The molecule has 0 fully saturated rings. The number of pyridine rings is 1. The number of hydrogen-bond donors (Lipinski definition) is 2. The van der Waals surface area contributed by atoms with Crippen LogP contribution in [-0.4, -0.2) is 31.7 Å². The highest BCUT2D eigenvalue weighted by atomic mass is 35.5. The predicted octanol–water partition coefficient (Wildman–Crippen LogP) is 3.83. The zero-order valence-electron chi connectivity index (χ0n) is 13.9. The van der Waals surface area contributed by atoms with E-state index in [-0.39, 0.29) is 5.91 Å². The number of methoxy groups -OCH3 is 2. The Morgan fingerprint density at radius 2 is 1.96 bits per heavy atom. The van der Waals surface area contributed by atoms with Gasteiger partial charge in [-0.2, -0.15) is 0 Å². The Labute approximate surface area is 146 Å². The molecule has 0 spiro atoms. The van der Waals surface area contributed by atoms with Gasteiger partial charge in [0.15, 0.2) is 0 Å². The molecule has 128 valence electrons. The second-order valence-electron chi connectivity index (χ2n) is 5.00. The maximum Gasteiger partial charge on any atom is 0.255 e. The Morgan fingerprint density at radius 1 is 1.21 bits per heavy atom. The van der Waals surface area contributed by atoms with Gasteiger partial charge < -0.3 is 20.1 Å². The van der Waals surface area contributed by atoms with Crippen molar-refractivity contribution in [3.8, 4) is 11.5 Å². The summed E-state index contributed by atoms with van der Waals surface area (Å²) < 4.78 is 10.4. The summed E-state index contributed by atoms with van der Waals surface area (Å²) in [5, 5.41) is 6.36. The Bertz CT molecular complexity index is 722. The number of anilines is 2. The number of halogens is 1.